The fourth-order valence-electron chi connectivity index (χ4n) is 2.15. The summed E-state index contributed by atoms with van der Waals surface area (Å²) in [6, 6.07) is 13.1. The minimum atomic E-state index is 0.321. The van der Waals surface area contributed by atoms with Gasteiger partial charge in [-0.3, -0.25) is 0 Å². The minimum Gasteiger partial charge on any atom is -0.352 e. The first-order valence-corrected chi connectivity index (χ1v) is 7.46. The molecule has 0 aliphatic rings. The van der Waals surface area contributed by atoms with Gasteiger partial charge in [0.1, 0.15) is 5.82 Å². The van der Waals surface area contributed by atoms with Crippen molar-refractivity contribution in [1.82, 2.24) is 9.97 Å². The summed E-state index contributed by atoms with van der Waals surface area (Å²) in [5.74, 6) is 1.63. The van der Waals surface area contributed by atoms with Crippen molar-refractivity contribution in [1.29, 1.82) is 0 Å². The molecule has 0 spiro atoms. The van der Waals surface area contributed by atoms with Gasteiger partial charge in [-0.05, 0) is 39.3 Å². The van der Waals surface area contributed by atoms with Crippen molar-refractivity contribution in [3.05, 3.63) is 48.2 Å². The van der Waals surface area contributed by atoms with E-state index in [1.165, 1.54) is 5.56 Å². The molecule has 21 heavy (non-hydrogen) atoms. The summed E-state index contributed by atoms with van der Waals surface area (Å²) in [6.07, 6.45) is 1.81. The van der Waals surface area contributed by atoms with E-state index in [4.69, 9.17) is 0 Å². The highest BCUT2D eigenvalue weighted by atomic mass is 15.2. The van der Waals surface area contributed by atoms with Crippen molar-refractivity contribution in [2.45, 2.75) is 46.3 Å². The molecule has 0 atom stereocenters. The van der Waals surface area contributed by atoms with Gasteiger partial charge >= 0.3 is 0 Å². The summed E-state index contributed by atoms with van der Waals surface area (Å²) < 4.78 is 0. The van der Waals surface area contributed by atoms with Crippen LogP contribution in [0, 0.1) is 0 Å². The lowest BCUT2D eigenvalue weighted by molar-refractivity contribution is 0.671. The average Bonchev–Trinajstić information content (AvgIpc) is 2.45. The molecule has 0 saturated carbocycles. The van der Waals surface area contributed by atoms with Crippen LogP contribution in [0.15, 0.2) is 42.6 Å². The van der Waals surface area contributed by atoms with Crippen molar-refractivity contribution < 1.29 is 0 Å². The molecule has 0 bridgehead atoms. The van der Waals surface area contributed by atoms with Crippen molar-refractivity contribution >= 4 is 11.8 Å². The molecule has 0 saturated heterocycles. The Hall–Kier alpha value is -2.10. The highest BCUT2D eigenvalue weighted by molar-refractivity contribution is 5.44. The van der Waals surface area contributed by atoms with Gasteiger partial charge in [0.2, 0.25) is 5.95 Å². The Bertz CT molecular complexity index is 552. The number of nitrogens with zero attached hydrogens (tertiary/aromatic N) is 3. The maximum Gasteiger partial charge on any atom is 0.224 e. The van der Waals surface area contributed by atoms with Gasteiger partial charge in [0.05, 0.1) is 0 Å². The van der Waals surface area contributed by atoms with Crippen LogP contribution in [0.1, 0.15) is 33.3 Å². The third-order valence-corrected chi connectivity index (χ3v) is 3.17. The zero-order valence-electron chi connectivity index (χ0n) is 13.2. The number of benzene rings is 1. The Kier molecular flexibility index (Phi) is 5.14. The largest absolute Gasteiger partial charge is 0.352 e. The summed E-state index contributed by atoms with van der Waals surface area (Å²) in [6.45, 7) is 9.37. The van der Waals surface area contributed by atoms with Crippen LogP contribution in [-0.4, -0.2) is 22.1 Å². The summed E-state index contributed by atoms with van der Waals surface area (Å²) in [4.78, 5) is 11.2. The van der Waals surface area contributed by atoms with E-state index in [1.54, 1.807) is 0 Å². The Morgan fingerprint density at radius 1 is 1.05 bits per heavy atom. The van der Waals surface area contributed by atoms with Gasteiger partial charge in [-0.15, -0.1) is 0 Å². The van der Waals surface area contributed by atoms with Gasteiger partial charge in [0, 0.05) is 24.8 Å². The van der Waals surface area contributed by atoms with Crippen LogP contribution in [0.25, 0.3) is 0 Å². The molecule has 1 aromatic heterocycles. The molecule has 0 aliphatic carbocycles. The Labute approximate surface area is 127 Å². The predicted octanol–water partition coefficient (Wildman–Crippen LogP) is 3.71. The van der Waals surface area contributed by atoms with E-state index in [9.17, 15) is 0 Å². The van der Waals surface area contributed by atoms with Crippen LogP contribution < -0.4 is 10.2 Å². The van der Waals surface area contributed by atoms with Gasteiger partial charge in [0.25, 0.3) is 0 Å². The van der Waals surface area contributed by atoms with Crippen LogP contribution >= 0.6 is 0 Å². The highest BCUT2D eigenvalue weighted by Gasteiger charge is 2.13. The quantitative estimate of drug-likeness (QED) is 0.878. The molecular formula is C17H24N4. The highest BCUT2D eigenvalue weighted by Crippen LogP contribution is 2.18. The normalized spacial score (nSPS) is 11.0. The first-order valence-electron chi connectivity index (χ1n) is 7.46. The molecule has 2 rings (SSSR count). The van der Waals surface area contributed by atoms with Crippen LogP contribution in [0.4, 0.5) is 11.8 Å². The smallest absolute Gasteiger partial charge is 0.224 e. The molecule has 0 fully saturated rings. The molecule has 4 nitrogen and oxygen atoms in total. The van der Waals surface area contributed by atoms with Crippen LogP contribution in [0.3, 0.4) is 0 Å². The summed E-state index contributed by atoms with van der Waals surface area (Å²) >= 11 is 0. The van der Waals surface area contributed by atoms with Crippen LogP contribution in [0.5, 0.6) is 0 Å². The average molecular weight is 284 g/mol. The predicted molar refractivity (Wildman–Crippen MR) is 88.6 cm³/mol. The summed E-state index contributed by atoms with van der Waals surface area (Å²) in [5, 5.41) is 3.25. The first kappa shape index (κ1) is 15.3. The van der Waals surface area contributed by atoms with E-state index < -0.39 is 0 Å². The van der Waals surface area contributed by atoms with Crippen molar-refractivity contribution in [3.8, 4) is 0 Å². The minimum absolute atomic E-state index is 0.321. The maximum atomic E-state index is 4.63. The fourth-order valence-corrected chi connectivity index (χ4v) is 2.15. The second-order valence-corrected chi connectivity index (χ2v) is 5.74. The lowest BCUT2D eigenvalue weighted by Crippen LogP contribution is -2.31. The Balaban J connectivity index is 2.22. The molecule has 0 unspecified atom stereocenters. The standard InChI is InChI=1S/C17H24N4/c1-13(2)19-17-18-11-10-16(20-17)21(14(3)4)12-15-8-6-5-7-9-15/h5-11,13-14H,12H2,1-4H3,(H,18,19,20). The van der Waals surface area contributed by atoms with Gasteiger partial charge in [-0.1, -0.05) is 30.3 Å². The number of rotatable bonds is 6. The third kappa shape index (κ3) is 4.45. The topological polar surface area (TPSA) is 41.1 Å². The van der Waals surface area contributed by atoms with Gasteiger partial charge in [-0.2, -0.15) is 4.98 Å². The lowest BCUT2D eigenvalue weighted by atomic mass is 10.2. The second kappa shape index (κ2) is 7.07. The monoisotopic (exact) mass is 284 g/mol. The molecule has 1 heterocycles. The van der Waals surface area contributed by atoms with Gasteiger partial charge in [-0.25, -0.2) is 4.98 Å². The Morgan fingerprint density at radius 2 is 1.76 bits per heavy atom. The van der Waals surface area contributed by atoms with Crippen molar-refractivity contribution in [2.75, 3.05) is 10.2 Å². The Morgan fingerprint density at radius 3 is 2.38 bits per heavy atom. The molecule has 4 heteroatoms. The van der Waals surface area contributed by atoms with Crippen LogP contribution in [-0.2, 0) is 6.54 Å². The van der Waals surface area contributed by atoms with Gasteiger partial charge in [0.15, 0.2) is 0 Å². The zero-order valence-corrected chi connectivity index (χ0v) is 13.2. The van der Waals surface area contributed by atoms with Crippen LogP contribution in [0.2, 0.25) is 0 Å². The molecule has 2 aromatic rings. The summed E-state index contributed by atoms with van der Waals surface area (Å²) in [5.41, 5.74) is 1.28. The summed E-state index contributed by atoms with van der Waals surface area (Å²) in [7, 11) is 0. The number of aromatic nitrogens is 2. The molecule has 0 amide bonds. The number of anilines is 2. The molecule has 0 aliphatic heterocycles. The van der Waals surface area contributed by atoms with E-state index in [-0.39, 0.29) is 0 Å². The molecular weight excluding hydrogens is 260 g/mol. The second-order valence-electron chi connectivity index (χ2n) is 5.74. The first-order chi connectivity index (χ1) is 10.1. The molecule has 1 aromatic carbocycles. The molecule has 112 valence electrons. The van der Waals surface area contributed by atoms with Gasteiger partial charge < -0.3 is 10.2 Å². The van der Waals surface area contributed by atoms with E-state index in [0.717, 1.165) is 12.4 Å². The number of hydrogen-bond acceptors (Lipinski definition) is 4. The molecule has 1 N–H and O–H groups in total. The maximum absolute atomic E-state index is 4.63. The van der Waals surface area contributed by atoms with E-state index >= 15 is 0 Å². The molecule has 0 radical (unpaired) electrons. The van der Waals surface area contributed by atoms with E-state index in [1.807, 2.05) is 18.3 Å². The van der Waals surface area contributed by atoms with Crippen molar-refractivity contribution in [2.24, 2.45) is 0 Å². The SMILES string of the molecule is CC(C)Nc1nccc(N(Cc2ccccc2)C(C)C)n1. The number of hydrogen-bond donors (Lipinski definition) is 1. The zero-order chi connectivity index (χ0) is 15.2. The number of nitrogens with one attached hydrogen (secondary N) is 1. The van der Waals surface area contributed by atoms with E-state index in [2.05, 4.69) is 72.1 Å². The lowest BCUT2D eigenvalue weighted by Gasteiger charge is -2.28. The third-order valence-electron chi connectivity index (χ3n) is 3.17. The van der Waals surface area contributed by atoms with E-state index in [0.29, 0.717) is 18.0 Å². The fraction of sp³-hybridized carbons (Fsp3) is 0.412. The van der Waals surface area contributed by atoms with Crippen molar-refractivity contribution in [3.63, 3.8) is 0 Å².